The van der Waals surface area contributed by atoms with Crippen molar-refractivity contribution < 1.29 is 4.74 Å². The number of rotatable bonds is 4. The number of anilines is 1. The number of hydrogen-bond acceptors (Lipinski definition) is 5. The first-order valence-corrected chi connectivity index (χ1v) is 5.44. The fourth-order valence-corrected chi connectivity index (χ4v) is 1.75. The minimum Gasteiger partial charge on any atom is -0.493 e. The summed E-state index contributed by atoms with van der Waals surface area (Å²) < 4.78 is 5.17. The second-order valence-electron chi connectivity index (χ2n) is 2.89. The summed E-state index contributed by atoms with van der Waals surface area (Å²) in [7, 11) is 1.63. The van der Waals surface area contributed by atoms with Gasteiger partial charge in [-0.3, -0.25) is 0 Å². The van der Waals surface area contributed by atoms with Crippen molar-refractivity contribution in [3.8, 4) is 5.75 Å². The Kier molecular flexibility index (Phi) is 3.14. The molecule has 0 aliphatic heterocycles. The third-order valence-corrected chi connectivity index (χ3v) is 2.55. The van der Waals surface area contributed by atoms with Crippen LogP contribution in [-0.4, -0.2) is 17.1 Å². The van der Waals surface area contributed by atoms with E-state index in [9.17, 15) is 0 Å². The van der Waals surface area contributed by atoms with E-state index in [1.165, 1.54) is 0 Å². The van der Waals surface area contributed by atoms with Gasteiger partial charge in [0.2, 0.25) is 0 Å². The molecule has 4 nitrogen and oxygen atoms in total. The minimum atomic E-state index is 0.664. The molecule has 0 saturated heterocycles. The van der Waals surface area contributed by atoms with Crippen LogP contribution in [0.3, 0.4) is 0 Å². The SMILES string of the molecule is COc1cccnc1NCc1cscn1. The average Bonchev–Trinajstić information content (AvgIpc) is 2.79. The van der Waals surface area contributed by atoms with Crippen molar-refractivity contribution in [3.63, 3.8) is 0 Å². The highest BCUT2D eigenvalue weighted by molar-refractivity contribution is 7.07. The maximum Gasteiger partial charge on any atom is 0.169 e. The van der Waals surface area contributed by atoms with Gasteiger partial charge in [0.15, 0.2) is 11.6 Å². The Morgan fingerprint density at radius 3 is 3.13 bits per heavy atom. The van der Waals surface area contributed by atoms with E-state index in [1.54, 1.807) is 24.6 Å². The Labute approximate surface area is 92.0 Å². The molecule has 2 aromatic rings. The van der Waals surface area contributed by atoms with Crippen LogP contribution in [0.15, 0.2) is 29.2 Å². The smallest absolute Gasteiger partial charge is 0.169 e. The molecule has 0 unspecified atom stereocenters. The number of ether oxygens (including phenoxy) is 1. The van der Waals surface area contributed by atoms with Crippen molar-refractivity contribution >= 4 is 17.2 Å². The lowest BCUT2D eigenvalue weighted by Gasteiger charge is -2.07. The van der Waals surface area contributed by atoms with Gasteiger partial charge in [-0.1, -0.05) is 0 Å². The Bertz CT molecular complexity index is 416. The van der Waals surface area contributed by atoms with Gasteiger partial charge in [-0.25, -0.2) is 9.97 Å². The Hall–Kier alpha value is -1.62. The Morgan fingerprint density at radius 1 is 1.47 bits per heavy atom. The summed E-state index contributed by atoms with van der Waals surface area (Å²) in [6.07, 6.45) is 1.73. The Balaban J connectivity index is 2.04. The molecule has 0 radical (unpaired) electrons. The van der Waals surface area contributed by atoms with E-state index >= 15 is 0 Å². The van der Waals surface area contributed by atoms with Gasteiger partial charge in [-0.2, -0.15) is 0 Å². The lowest BCUT2D eigenvalue weighted by molar-refractivity contribution is 0.415. The van der Waals surface area contributed by atoms with Crippen LogP contribution in [0, 0.1) is 0 Å². The highest BCUT2D eigenvalue weighted by Crippen LogP contribution is 2.20. The van der Waals surface area contributed by atoms with Gasteiger partial charge in [0, 0.05) is 11.6 Å². The highest BCUT2D eigenvalue weighted by atomic mass is 32.1. The molecule has 0 aliphatic carbocycles. The predicted molar refractivity (Wildman–Crippen MR) is 60.2 cm³/mol. The molecule has 5 heteroatoms. The van der Waals surface area contributed by atoms with Gasteiger partial charge in [-0.15, -0.1) is 11.3 Å². The first-order valence-electron chi connectivity index (χ1n) is 4.50. The molecule has 0 bridgehead atoms. The van der Waals surface area contributed by atoms with Crippen molar-refractivity contribution in [2.75, 3.05) is 12.4 Å². The average molecular weight is 221 g/mol. The first-order chi connectivity index (χ1) is 7.40. The molecule has 2 rings (SSSR count). The normalized spacial score (nSPS) is 9.93. The second kappa shape index (κ2) is 4.75. The van der Waals surface area contributed by atoms with E-state index in [2.05, 4.69) is 15.3 Å². The highest BCUT2D eigenvalue weighted by Gasteiger charge is 2.02. The second-order valence-corrected chi connectivity index (χ2v) is 3.61. The number of nitrogens with zero attached hydrogens (tertiary/aromatic N) is 2. The number of thiazole rings is 1. The molecular weight excluding hydrogens is 210 g/mol. The molecule has 78 valence electrons. The third kappa shape index (κ3) is 2.44. The number of methoxy groups -OCH3 is 1. The number of pyridine rings is 1. The summed E-state index contributed by atoms with van der Waals surface area (Å²) in [5.41, 5.74) is 2.82. The lowest BCUT2D eigenvalue weighted by atomic mass is 10.4. The molecule has 15 heavy (non-hydrogen) atoms. The van der Waals surface area contributed by atoms with E-state index in [0.717, 1.165) is 17.3 Å². The lowest BCUT2D eigenvalue weighted by Crippen LogP contribution is -2.03. The van der Waals surface area contributed by atoms with Crippen LogP contribution in [0.2, 0.25) is 0 Å². The van der Waals surface area contributed by atoms with Crippen molar-refractivity contribution in [2.24, 2.45) is 0 Å². The molecule has 0 spiro atoms. The zero-order valence-electron chi connectivity index (χ0n) is 8.30. The van der Waals surface area contributed by atoms with Gasteiger partial charge in [0.25, 0.3) is 0 Å². The van der Waals surface area contributed by atoms with Crippen LogP contribution >= 0.6 is 11.3 Å². The maximum absolute atomic E-state index is 5.17. The zero-order valence-corrected chi connectivity index (χ0v) is 9.12. The summed E-state index contributed by atoms with van der Waals surface area (Å²) in [5.74, 6) is 1.49. The van der Waals surface area contributed by atoms with Gasteiger partial charge in [0.1, 0.15) is 0 Å². The summed E-state index contributed by atoms with van der Waals surface area (Å²) in [6.45, 7) is 0.664. The quantitative estimate of drug-likeness (QED) is 0.859. The van der Waals surface area contributed by atoms with Crippen LogP contribution < -0.4 is 10.1 Å². The molecule has 0 fully saturated rings. The van der Waals surface area contributed by atoms with Crippen molar-refractivity contribution in [1.29, 1.82) is 0 Å². The summed E-state index contributed by atoms with van der Waals surface area (Å²) >= 11 is 1.58. The molecule has 0 saturated carbocycles. The van der Waals surface area contributed by atoms with E-state index in [0.29, 0.717) is 6.54 Å². The molecule has 0 amide bonds. The molecule has 2 heterocycles. The largest absolute Gasteiger partial charge is 0.493 e. The first kappa shape index (κ1) is 9.92. The minimum absolute atomic E-state index is 0.664. The van der Waals surface area contributed by atoms with Gasteiger partial charge in [0.05, 0.1) is 24.9 Å². The standard InChI is InChI=1S/C10H11N3OS/c1-14-9-3-2-4-11-10(9)12-5-8-6-15-7-13-8/h2-4,6-7H,5H2,1H3,(H,11,12). The van der Waals surface area contributed by atoms with Crippen LogP contribution in [0.25, 0.3) is 0 Å². The van der Waals surface area contributed by atoms with Crippen molar-refractivity contribution in [3.05, 3.63) is 34.9 Å². The molecule has 0 aliphatic rings. The van der Waals surface area contributed by atoms with E-state index < -0.39 is 0 Å². The molecule has 2 aromatic heterocycles. The van der Waals surface area contributed by atoms with Crippen LogP contribution in [0.5, 0.6) is 5.75 Å². The van der Waals surface area contributed by atoms with E-state index in [-0.39, 0.29) is 0 Å². The van der Waals surface area contributed by atoms with Crippen LogP contribution in [0.4, 0.5) is 5.82 Å². The molecule has 0 atom stereocenters. The number of aromatic nitrogens is 2. The monoisotopic (exact) mass is 221 g/mol. The maximum atomic E-state index is 5.17. The topological polar surface area (TPSA) is 47.0 Å². The van der Waals surface area contributed by atoms with E-state index in [1.807, 2.05) is 23.0 Å². The molecular formula is C10H11N3OS. The number of hydrogen-bond donors (Lipinski definition) is 1. The third-order valence-electron chi connectivity index (χ3n) is 1.91. The van der Waals surface area contributed by atoms with Crippen molar-refractivity contribution in [1.82, 2.24) is 9.97 Å². The molecule has 1 N–H and O–H groups in total. The summed E-state index contributed by atoms with van der Waals surface area (Å²) in [4.78, 5) is 8.36. The van der Waals surface area contributed by atoms with Gasteiger partial charge >= 0.3 is 0 Å². The van der Waals surface area contributed by atoms with E-state index in [4.69, 9.17) is 4.74 Å². The van der Waals surface area contributed by atoms with Gasteiger partial charge < -0.3 is 10.1 Å². The summed E-state index contributed by atoms with van der Waals surface area (Å²) in [6, 6.07) is 3.71. The number of nitrogens with one attached hydrogen (secondary N) is 1. The molecule has 0 aromatic carbocycles. The summed E-state index contributed by atoms with van der Waals surface area (Å²) in [5, 5.41) is 5.18. The Morgan fingerprint density at radius 2 is 2.40 bits per heavy atom. The van der Waals surface area contributed by atoms with Gasteiger partial charge in [-0.05, 0) is 12.1 Å². The van der Waals surface area contributed by atoms with Crippen LogP contribution in [-0.2, 0) is 6.54 Å². The predicted octanol–water partition coefficient (Wildman–Crippen LogP) is 2.16. The van der Waals surface area contributed by atoms with Crippen molar-refractivity contribution in [2.45, 2.75) is 6.54 Å². The fourth-order valence-electron chi connectivity index (χ4n) is 1.19. The van der Waals surface area contributed by atoms with Crippen LogP contribution in [0.1, 0.15) is 5.69 Å². The fraction of sp³-hybridized carbons (Fsp3) is 0.200. The zero-order chi connectivity index (χ0) is 10.5.